The second-order valence-corrected chi connectivity index (χ2v) is 11.2. The van der Waals surface area contributed by atoms with Gasteiger partial charge >= 0.3 is 6.03 Å². The number of benzene rings is 2. The molecule has 3 heterocycles. The van der Waals surface area contributed by atoms with Crippen molar-refractivity contribution in [1.29, 1.82) is 0 Å². The molecule has 9 nitrogen and oxygen atoms in total. The number of amides is 4. The van der Waals surface area contributed by atoms with Crippen molar-refractivity contribution in [1.82, 2.24) is 24.5 Å². The summed E-state index contributed by atoms with van der Waals surface area (Å²) in [5.41, 5.74) is 2.80. The average molecular weight is 584 g/mol. The molecule has 0 bridgehead atoms. The van der Waals surface area contributed by atoms with Gasteiger partial charge < -0.3 is 10.2 Å². The van der Waals surface area contributed by atoms with Gasteiger partial charge in [0.2, 0.25) is 5.91 Å². The molecule has 1 aliphatic heterocycles. The van der Waals surface area contributed by atoms with E-state index in [4.69, 9.17) is 11.6 Å². The van der Waals surface area contributed by atoms with E-state index in [0.29, 0.717) is 34.9 Å². The van der Waals surface area contributed by atoms with E-state index in [1.807, 2.05) is 24.3 Å². The number of urea groups is 1. The average Bonchev–Trinajstić information content (AvgIpc) is 3.01. The van der Waals surface area contributed by atoms with Gasteiger partial charge in [-0.05, 0) is 54.3 Å². The van der Waals surface area contributed by atoms with Crippen molar-refractivity contribution in [2.45, 2.75) is 51.4 Å². The number of nitrogens with zero attached hydrogens (tertiary/aromatic N) is 4. The van der Waals surface area contributed by atoms with Crippen molar-refractivity contribution >= 4 is 35.1 Å². The van der Waals surface area contributed by atoms with Gasteiger partial charge in [0, 0.05) is 35.4 Å². The van der Waals surface area contributed by atoms with Crippen molar-refractivity contribution in [2.24, 2.45) is 5.92 Å². The smallest absolute Gasteiger partial charge is 0.327 e. The molecule has 4 aromatic rings. The monoisotopic (exact) mass is 583 g/mol. The number of halogens is 1. The number of rotatable bonds is 7. The lowest BCUT2D eigenvalue weighted by Crippen LogP contribution is -2.61. The number of fused-ring (bicyclic) bond motifs is 2. The van der Waals surface area contributed by atoms with Gasteiger partial charge in [0.1, 0.15) is 5.65 Å². The Kier molecular flexibility index (Phi) is 7.75. The summed E-state index contributed by atoms with van der Waals surface area (Å²) in [6.07, 6.45) is 4.97. The largest absolute Gasteiger partial charge is 0.348 e. The SMILES string of the molecule is O=C(NCc1ccccc1Cl)c1ccc(CN2C(=O)C3CCCCC3N(Cc3cc(=O)n4ccccc4n3)C2=O)cc1. The van der Waals surface area contributed by atoms with Crippen LogP contribution in [-0.2, 0) is 24.4 Å². The summed E-state index contributed by atoms with van der Waals surface area (Å²) in [5, 5.41) is 3.45. The van der Waals surface area contributed by atoms with E-state index in [0.717, 1.165) is 30.4 Å². The first-order chi connectivity index (χ1) is 20.4. The first-order valence-electron chi connectivity index (χ1n) is 14.1. The minimum Gasteiger partial charge on any atom is -0.348 e. The molecule has 4 amide bonds. The van der Waals surface area contributed by atoms with Crippen LogP contribution in [0.5, 0.6) is 0 Å². The lowest BCUT2D eigenvalue weighted by atomic mass is 9.81. The highest BCUT2D eigenvalue weighted by molar-refractivity contribution is 6.31. The van der Waals surface area contributed by atoms with Crippen LogP contribution in [0.4, 0.5) is 4.79 Å². The summed E-state index contributed by atoms with van der Waals surface area (Å²) in [7, 11) is 0. The number of aromatic nitrogens is 2. The molecule has 2 aromatic carbocycles. The van der Waals surface area contributed by atoms with E-state index in [1.165, 1.54) is 15.4 Å². The molecule has 1 saturated carbocycles. The van der Waals surface area contributed by atoms with Crippen LogP contribution in [0.25, 0.3) is 5.65 Å². The zero-order chi connectivity index (χ0) is 29.2. The second-order valence-electron chi connectivity index (χ2n) is 10.8. The summed E-state index contributed by atoms with van der Waals surface area (Å²) in [6.45, 7) is 0.537. The van der Waals surface area contributed by atoms with Crippen molar-refractivity contribution in [3.63, 3.8) is 0 Å². The summed E-state index contributed by atoms with van der Waals surface area (Å²) >= 11 is 6.19. The van der Waals surface area contributed by atoms with E-state index in [-0.39, 0.29) is 48.5 Å². The minimum atomic E-state index is -0.389. The fourth-order valence-electron chi connectivity index (χ4n) is 5.92. The number of imide groups is 1. The number of pyridine rings is 1. The lowest BCUT2D eigenvalue weighted by Gasteiger charge is -2.46. The van der Waals surface area contributed by atoms with Gasteiger partial charge in [-0.1, -0.05) is 60.8 Å². The zero-order valence-electron chi connectivity index (χ0n) is 22.9. The number of hydrogen-bond donors (Lipinski definition) is 1. The molecule has 2 aromatic heterocycles. The standard InChI is InChI=1S/C32H30ClN5O4/c33-26-9-3-1-7-23(26)18-34-30(40)22-14-12-21(13-15-22)19-38-31(41)25-8-2-4-10-27(25)37(32(38)42)20-24-17-29(39)36-16-6-5-11-28(36)35-24/h1,3,5-7,9,11-17,25,27H,2,4,8,10,18-20H2,(H,34,40). The highest BCUT2D eigenvalue weighted by Gasteiger charge is 2.47. The van der Waals surface area contributed by atoms with Crippen LogP contribution in [0.2, 0.25) is 5.02 Å². The van der Waals surface area contributed by atoms with Gasteiger partial charge in [-0.25, -0.2) is 9.78 Å². The first-order valence-corrected chi connectivity index (χ1v) is 14.5. The maximum Gasteiger partial charge on any atom is 0.327 e. The Hall–Kier alpha value is -4.50. The molecule has 1 N–H and O–H groups in total. The van der Waals surface area contributed by atoms with E-state index < -0.39 is 0 Å². The molecule has 10 heteroatoms. The molecule has 0 radical (unpaired) electrons. The maximum absolute atomic E-state index is 13.8. The summed E-state index contributed by atoms with van der Waals surface area (Å²) in [5.74, 6) is -0.719. The van der Waals surface area contributed by atoms with Gasteiger partial charge in [-0.2, -0.15) is 0 Å². The van der Waals surface area contributed by atoms with E-state index >= 15 is 0 Å². The molecule has 2 atom stereocenters. The molecule has 2 unspecified atom stereocenters. The fraction of sp³-hybridized carbons (Fsp3) is 0.281. The Morgan fingerprint density at radius 3 is 2.50 bits per heavy atom. The van der Waals surface area contributed by atoms with Crippen LogP contribution in [-0.4, -0.2) is 43.1 Å². The second kappa shape index (κ2) is 11.8. The third-order valence-corrected chi connectivity index (χ3v) is 8.47. The lowest BCUT2D eigenvalue weighted by molar-refractivity contribution is -0.141. The quantitative estimate of drug-likeness (QED) is 0.336. The van der Waals surface area contributed by atoms with Crippen LogP contribution in [0.1, 0.15) is 52.9 Å². The first kappa shape index (κ1) is 27.7. The number of hydrogen-bond acceptors (Lipinski definition) is 5. The molecule has 6 rings (SSSR count). The van der Waals surface area contributed by atoms with E-state index in [2.05, 4.69) is 10.3 Å². The van der Waals surface area contributed by atoms with Crippen LogP contribution in [0, 0.1) is 5.92 Å². The van der Waals surface area contributed by atoms with E-state index in [1.54, 1.807) is 53.6 Å². The van der Waals surface area contributed by atoms with Crippen LogP contribution in [0.15, 0.2) is 83.8 Å². The Morgan fingerprint density at radius 2 is 1.69 bits per heavy atom. The Balaban J connectivity index is 1.19. The van der Waals surface area contributed by atoms with Crippen molar-refractivity contribution in [3.8, 4) is 0 Å². The molecular weight excluding hydrogens is 554 g/mol. The topological polar surface area (TPSA) is 104 Å². The zero-order valence-corrected chi connectivity index (χ0v) is 23.7. The summed E-state index contributed by atoms with van der Waals surface area (Å²) in [6, 6.07) is 20.4. The normalized spacial score (nSPS) is 18.7. The Morgan fingerprint density at radius 1 is 0.929 bits per heavy atom. The highest BCUT2D eigenvalue weighted by atomic mass is 35.5. The predicted octanol–water partition coefficient (Wildman–Crippen LogP) is 4.80. The molecule has 42 heavy (non-hydrogen) atoms. The van der Waals surface area contributed by atoms with Gasteiger partial charge in [-0.3, -0.25) is 23.7 Å². The number of carbonyl (C=O) groups is 3. The predicted molar refractivity (Wildman–Crippen MR) is 158 cm³/mol. The number of carbonyl (C=O) groups excluding carboxylic acids is 3. The van der Waals surface area contributed by atoms with Gasteiger partial charge in [0.25, 0.3) is 11.5 Å². The molecule has 1 saturated heterocycles. The minimum absolute atomic E-state index is 0.0900. The van der Waals surface area contributed by atoms with Gasteiger partial charge in [-0.15, -0.1) is 0 Å². The fourth-order valence-corrected chi connectivity index (χ4v) is 6.12. The van der Waals surface area contributed by atoms with Crippen molar-refractivity contribution in [2.75, 3.05) is 0 Å². The van der Waals surface area contributed by atoms with Crippen molar-refractivity contribution in [3.05, 3.63) is 117 Å². The number of nitrogens with one attached hydrogen (secondary N) is 1. The van der Waals surface area contributed by atoms with Gasteiger partial charge in [0.05, 0.1) is 24.7 Å². The summed E-state index contributed by atoms with van der Waals surface area (Å²) < 4.78 is 1.46. The molecular formula is C32H30ClN5O4. The molecule has 1 aliphatic carbocycles. The molecule has 0 spiro atoms. The Labute approximate surface area is 247 Å². The Bertz CT molecular complexity index is 1720. The highest BCUT2D eigenvalue weighted by Crippen LogP contribution is 2.36. The third-order valence-electron chi connectivity index (χ3n) is 8.10. The van der Waals surface area contributed by atoms with E-state index in [9.17, 15) is 19.2 Å². The van der Waals surface area contributed by atoms with Gasteiger partial charge in [0.15, 0.2) is 0 Å². The van der Waals surface area contributed by atoms with Crippen molar-refractivity contribution < 1.29 is 14.4 Å². The molecule has 214 valence electrons. The summed E-state index contributed by atoms with van der Waals surface area (Å²) in [4.78, 5) is 60.4. The third kappa shape index (κ3) is 5.52. The molecule has 2 fully saturated rings. The van der Waals surface area contributed by atoms with Crippen LogP contribution < -0.4 is 10.9 Å². The molecule has 2 aliphatic rings. The van der Waals surface area contributed by atoms with Crippen LogP contribution in [0.3, 0.4) is 0 Å². The maximum atomic E-state index is 13.8. The van der Waals surface area contributed by atoms with Crippen LogP contribution >= 0.6 is 11.6 Å².